The topological polar surface area (TPSA) is 32.3 Å². The van der Waals surface area contributed by atoms with Gasteiger partial charge in [-0.05, 0) is 105 Å². The maximum Gasteiger partial charge on any atom is 0.0577 e. The molecule has 9 atom stereocenters. The van der Waals surface area contributed by atoms with E-state index < -0.39 is 0 Å². The smallest absolute Gasteiger partial charge is 0.0577 e. The van der Waals surface area contributed by atoms with Crippen LogP contribution in [0, 0.1) is 40.4 Å². The van der Waals surface area contributed by atoms with Crippen LogP contribution in [0.4, 0.5) is 0 Å². The fourth-order valence-electron chi connectivity index (χ4n) is 8.39. The fraction of sp³-hybridized carbons (Fsp3) is 0.852. The molecule has 2 N–H and O–H groups in total. The second-order valence-electron chi connectivity index (χ2n) is 12.0. The van der Waals surface area contributed by atoms with E-state index in [0.717, 1.165) is 42.4 Å². The molecule has 162 valence electrons. The molecule has 5 aliphatic rings. The van der Waals surface area contributed by atoms with Gasteiger partial charge in [-0.1, -0.05) is 51.0 Å². The summed E-state index contributed by atoms with van der Waals surface area (Å²) in [4.78, 5) is 0. The first-order chi connectivity index (χ1) is 13.8. The van der Waals surface area contributed by atoms with Gasteiger partial charge in [-0.15, -0.1) is 0 Å². The monoisotopic (exact) mass is 397 g/mol. The minimum absolute atomic E-state index is 0.0955. The second kappa shape index (κ2) is 7.23. The standard InChI is InChI=1S/C27H43NO/c1-17-5-10-25(28-16-17)18(2)26(3)14-12-22-21-7-6-19-15-20(29)11-13-27(19,4)24(21)9-8-23(22)26/h6,8,17-18,20-22,24-25,28-29H,5,7,9-16H2,1-4H3/t17-,18+,20-,21+,22+,24+,25-,26-,27-/m0/s1. The highest BCUT2D eigenvalue weighted by molar-refractivity contribution is 5.33. The summed E-state index contributed by atoms with van der Waals surface area (Å²) in [6.07, 6.45) is 16.4. The third-order valence-corrected chi connectivity index (χ3v) is 10.6. The average Bonchev–Trinajstić information content (AvgIpc) is 3.07. The summed E-state index contributed by atoms with van der Waals surface area (Å²) in [5.74, 6) is 4.03. The zero-order valence-electron chi connectivity index (χ0n) is 19.2. The Labute approximate surface area is 178 Å². The first kappa shape index (κ1) is 20.3. The molecule has 0 radical (unpaired) electrons. The summed E-state index contributed by atoms with van der Waals surface area (Å²) in [6.45, 7) is 11.3. The molecule has 0 unspecified atom stereocenters. The third-order valence-electron chi connectivity index (χ3n) is 10.6. The maximum atomic E-state index is 10.2. The van der Waals surface area contributed by atoms with Crippen molar-refractivity contribution in [1.29, 1.82) is 0 Å². The molecule has 0 aromatic rings. The van der Waals surface area contributed by atoms with Crippen LogP contribution in [0.2, 0.25) is 0 Å². The number of aliphatic hydroxyl groups is 1. The largest absolute Gasteiger partial charge is 0.393 e. The van der Waals surface area contributed by atoms with Gasteiger partial charge in [-0.3, -0.25) is 0 Å². The molecule has 2 heteroatoms. The minimum Gasteiger partial charge on any atom is -0.393 e. The van der Waals surface area contributed by atoms with Crippen molar-refractivity contribution >= 4 is 0 Å². The molecule has 4 aliphatic carbocycles. The summed E-state index contributed by atoms with van der Waals surface area (Å²) in [5, 5.41) is 14.1. The van der Waals surface area contributed by atoms with Crippen molar-refractivity contribution in [2.24, 2.45) is 40.4 Å². The summed E-state index contributed by atoms with van der Waals surface area (Å²) in [6, 6.07) is 0.698. The Kier molecular flexibility index (Phi) is 5.06. The predicted octanol–water partition coefficient (Wildman–Crippen LogP) is 5.87. The van der Waals surface area contributed by atoms with Gasteiger partial charge >= 0.3 is 0 Å². The van der Waals surface area contributed by atoms with Crippen molar-refractivity contribution in [3.05, 3.63) is 23.3 Å². The van der Waals surface area contributed by atoms with E-state index in [1.165, 1.54) is 51.5 Å². The van der Waals surface area contributed by atoms with Crippen molar-refractivity contribution in [2.75, 3.05) is 6.54 Å². The van der Waals surface area contributed by atoms with Crippen LogP contribution >= 0.6 is 0 Å². The van der Waals surface area contributed by atoms with Gasteiger partial charge in [0.05, 0.1) is 6.10 Å². The van der Waals surface area contributed by atoms with Crippen molar-refractivity contribution in [3.63, 3.8) is 0 Å². The molecule has 1 saturated heterocycles. The molecule has 0 spiro atoms. The summed E-state index contributed by atoms with van der Waals surface area (Å²) < 4.78 is 0. The van der Waals surface area contributed by atoms with Crippen LogP contribution in [0.3, 0.4) is 0 Å². The maximum absolute atomic E-state index is 10.2. The number of rotatable bonds is 2. The molecule has 3 fully saturated rings. The molecule has 0 aromatic carbocycles. The van der Waals surface area contributed by atoms with Gasteiger partial charge in [-0.25, -0.2) is 0 Å². The van der Waals surface area contributed by atoms with E-state index in [-0.39, 0.29) is 6.10 Å². The molecule has 1 aliphatic heterocycles. The molecule has 29 heavy (non-hydrogen) atoms. The second-order valence-corrected chi connectivity index (χ2v) is 12.0. The zero-order chi connectivity index (χ0) is 20.4. The number of piperidine rings is 1. The van der Waals surface area contributed by atoms with Gasteiger partial charge in [0.15, 0.2) is 0 Å². The van der Waals surface area contributed by atoms with Crippen LogP contribution in [0.25, 0.3) is 0 Å². The number of fused-ring (bicyclic) bond motifs is 5. The quantitative estimate of drug-likeness (QED) is 0.571. The molecule has 0 aromatic heterocycles. The highest BCUT2D eigenvalue weighted by atomic mass is 16.3. The Hall–Kier alpha value is -0.600. The highest BCUT2D eigenvalue weighted by Crippen LogP contribution is 2.64. The van der Waals surface area contributed by atoms with Crippen LogP contribution < -0.4 is 5.32 Å². The van der Waals surface area contributed by atoms with Crippen molar-refractivity contribution in [2.45, 2.75) is 97.6 Å². The number of hydrogen-bond acceptors (Lipinski definition) is 2. The van der Waals surface area contributed by atoms with E-state index in [9.17, 15) is 5.11 Å². The van der Waals surface area contributed by atoms with Gasteiger partial charge in [0.25, 0.3) is 0 Å². The van der Waals surface area contributed by atoms with E-state index in [0.29, 0.717) is 16.9 Å². The third kappa shape index (κ3) is 3.11. The Bertz CT molecular complexity index is 701. The van der Waals surface area contributed by atoms with Crippen molar-refractivity contribution in [3.8, 4) is 0 Å². The molecule has 1 heterocycles. The van der Waals surface area contributed by atoms with Crippen LogP contribution in [0.15, 0.2) is 23.3 Å². The van der Waals surface area contributed by atoms with E-state index in [1.807, 2.05) is 5.57 Å². The molecular weight excluding hydrogens is 354 g/mol. The zero-order valence-corrected chi connectivity index (χ0v) is 19.2. The summed E-state index contributed by atoms with van der Waals surface area (Å²) in [7, 11) is 0. The number of hydrogen-bond donors (Lipinski definition) is 2. The number of nitrogens with one attached hydrogen (secondary N) is 1. The molecule has 2 nitrogen and oxygen atoms in total. The normalized spacial score (nSPS) is 50.7. The van der Waals surface area contributed by atoms with Gasteiger partial charge in [-0.2, -0.15) is 0 Å². The molecule has 2 saturated carbocycles. The van der Waals surface area contributed by atoms with Crippen LogP contribution in [-0.4, -0.2) is 23.8 Å². The van der Waals surface area contributed by atoms with Crippen molar-refractivity contribution in [1.82, 2.24) is 5.32 Å². The van der Waals surface area contributed by atoms with E-state index in [4.69, 9.17) is 0 Å². The van der Waals surface area contributed by atoms with E-state index in [2.05, 4.69) is 45.2 Å². The number of allylic oxidation sites excluding steroid dienone is 3. The van der Waals surface area contributed by atoms with Gasteiger partial charge < -0.3 is 10.4 Å². The summed E-state index contributed by atoms with van der Waals surface area (Å²) >= 11 is 0. The molecular formula is C27H43NO. The lowest BCUT2D eigenvalue weighted by Gasteiger charge is -2.54. The summed E-state index contributed by atoms with van der Waals surface area (Å²) in [5.41, 5.74) is 4.16. The van der Waals surface area contributed by atoms with Crippen molar-refractivity contribution < 1.29 is 5.11 Å². The Morgan fingerprint density at radius 2 is 1.90 bits per heavy atom. The molecule has 0 amide bonds. The Morgan fingerprint density at radius 3 is 2.66 bits per heavy atom. The van der Waals surface area contributed by atoms with E-state index in [1.54, 1.807) is 5.57 Å². The number of aliphatic hydroxyl groups excluding tert-OH is 1. The lowest BCUT2D eigenvalue weighted by atomic mass is 9.51. The Balaban J connectivity index is 1.39. The Morgan fingerprint density at radius 1 is 1.07 bits per heavy atom. The lowest BCUT2D eigenvalue weighted by molar-refractivity contribution is 0.0347. The van der Waals surface area contributed by atoms with Crippen LogP contribution in [0.1, 0.15) is 85.5 Å². The first-order valence-electron chi connectivity index (χ1n) is 12.6. The van der Waals surface area contributed by atoms with Gasteiger partial charge in [0, 0.05) is 6.04 Å². The van der Waals surface area contributed by atoms with Crippen LogP contribution in [0.5, 0.6) is 0 Å². The SMILES string of the molecule is C[C@H]1CC[C@@H]([C@@H](C)[C@]2(C)CC[C@H]3C2=CC[C@@H]2[C@@H]3CC=C3C[C@@H](O)CC[C@@]32C)NC1. The molecule has 0 bridgehead atoms. The van der Waals surface area contributed by atoms with Gasteiger partial charge in [0.1, 0.15) is 0 Å². The van der Waals surface area contributed by atoms with Crippen LogP contribution in [-0.2, 0) is 0 Å². The minimum atomic E-state index is -0.0955. The molecule has 5 rings (SSSR count). The lowest BCUT2D eigenvalue weighted by Crippen LogP contribution is -2.48. The van der Waals surface area contributed by atoms with Gasteiger partial charge in [0.2, 0.25) is 0 Å². The average molecular weight is 398 g/mol. The highest BCUT2D eigenvalue weighted by Gasteiger charge is 2.55. The predicted molar refractivity (Wildman–Crippen MR) is 121 cm³/mol. The van der Waals surface area contributed by atoms with E-state index >= 15 is 0 Å². The fourth-order valence-corrected chi connectivity index (χ4v) is 8.39. The first-order valence-corrected chi connectivity index (χ1v) is 12.6.